The predicted octanol–water partition coefficient (Wildman–Crippen LogP) is -2.30. The second kappa shape index (κ2) is 2.96. The molecule has 1 rings (SSSR count). The van der Waals surface area contributed by atoms with Crippen molar-refractivity contribution in [1.29, 1.82) is 0 Å². The molecule has 0 saturated carbocycles. The Bertz CT molecular complexity index is 139. The summed E-state index contributed by atoms with van der Waals surface area (Å²) in [5, 5.41) is 11.8. The van der Waals surface area contributed by atoms with Gasteiger partial charge in [-0.05, 0) is 6.42 Å². The van der Waals surface area contributed by atoms with Crippen LogP contribution in [0.1, 0.15) is 6.42 Å². The zero-order valence-corrected chi connectivity index (χ0v) is 5.50. The van der Waals surface area contributed by atoms with E-state index in [1.54, 1.807) is 0 Å². The number of aliphatic hydroxyl groups excluding tert-OH is 1. The summed E-state index contributed by atoms with van der Waals surface area (Å²) >= 11 is 0. The van der Waals surface area contributed by atoms with E-state index in [2.05, 4.69) is 5.32 Å². The molecule has 0 spiro atoms. The van der Waals surface area contributed by atoms with Crippen LogP contribution in [0.3, 0.4) is 0 Å². The van der Waals surface area contributed by atoms with E-state index >= 15 is 0 Å². The number of carbonyl (C=O) groups excluding carboxylic acids is 1. The molecule has 0 radical (unpaired) electrons. The van der Waals surface area contributed by atoms with Crippen molar-refractivity contribution in [2.75, 3.05) is 6.54 Å². The maximum Gasteiger partial charge on any atom is 0.251 e. The number of hydrazine groups is 1. The van der Waals surface area contributed by atoms with Crippen LogP contribution in [0.15, 0.2) is 0 Å². The predicted molar refractivity (Wildman–Crippen MR) is 34.7 cm³/mol. The molecule has 0 aromatic heterocycles. The van der Waals surface area contributed by atoms with Crippen LogP contribution in [0.5, 0.6) is 0 Å². The summed E-state index contributed by atoms with van der Waals surface area (Å²) in [6.45, 7) is 0.470. The highest BCUT2D eigenvalue weighted by Gasteiger charge is 2.27. The molecule has 2 atom stereocenters. The van der Waals surface area contributed by atoms with E-state index in [9.17, 15) is 4.79 Å². The maximum absolute atomic E-state index is 10.7. The summed E-state index contributed by atoms with van der Waals surface area (Å²) in [5.41, 5.74) is 2.01. The first kappa shape index (κ1) is 7.46. The van der Waals surface area contributed by atoms with Gasteiger partial charge in [-0.1, -0.05) is 0 Å². The smallest absolute Gasteiger partial charge is 0.251 e. The Labute approximate surface area is 58.6 Å². The molecule has 10 heavy (non-hydrogen) atoms. The molecular weight excluding hydrogens is 134 g/mol. The lowest BCUT2D eigenvalue weighted by Gasteiger charge is -2.05. The van der Waals surface area contributed by atoms with Crippen LogP contribution in [0.2, 0.25) is 0 Å². The lowest BCUT2D eigenvalue weighted by Crippen LogP contribution is -2.43. The molecule has 0 aliphatic carbocycles. The van der Waals surface area contributed by atoms with E-state index in [0.717, 1.165) is 0 Å². The summed E-state index contributed by atoms with van der Waals surface area (Å²) in [5.74, 6) is 4.61. The average molecular weight is 145 g/mol. The SMILES string of the molecule is NNC(=O)[C@H]1C[C@H](O)CN1. The maximum atomic E-state index is 10.7. The molecule has 1 saturated heterocycles. The third-order valence-electron chi connectivity index (χ3n) is 1.57. The minimum absolute atomic E-state index is 0.267. The van der Waals surface area contributed by atoms with E-state index < -0.39 is 6.10 Å². The highest BCUT2D eigenvalue weighted by Crippen LogP contribution is 2.04. The van der Waals surface area contributed by atoms with E-state index in [1.165, 1.54) is 0 Å². The van der Waals surface area contributed by atoms with Gasteiger partial charge in [0.15, 0.2) is 0 Å². The Kier molecular flexibility index (Phi) is 2.21. The van der Waals surface area contributed by atoms with E-state index in [-0.39, 0.29) is 11.9 Å². The van der Waals surface area contributed by atoms with Crippen molar-refractivity contribution >= 4 is 5.91 Å². The molecule has 0 aromatic rings. The van der Waals surface area contributed by atoms with Crippen molar-refractivity contribution in [2.45, 2.75) is 18.6 Å². The molecule has 5 N–H and O–H groups in total. The van der Waals surface area contributed by atoms with Crippen LogP contribution in [0, 0.1) is 0 Å². The third kappa shape index (κ3) is 1.44. The lowest BCUT2D eigenvalue weighted by molar-refractivity contribution is -0.123. The first-order valence-corrected chi connectivity index (χ1v) is 3.16. The molecule has 5 nitrogen and oxygen atoms in total. The van der Waals surface area contributed by atoms with Crippen LogP contribution < -0.4 is 16.6 Å². The molecule has 0 bridgehead atoms. The molecule has 0 aromatic carbocycles. The largest absolute Gasteiger partial charge is 0.392 e. The standard InChI is InChI=1S/C5H11N3O2/c6-8-5(10)4-1-3(9)2-7-4/h3-4,7,9H,1-2,6H2,(H,8,10)/t3-,4+/m0/s1. The van der Waals surface area contributed by atoms with Crippen molar-refractivity contribution in [3.8, 4) is 0 Å². The fraction of sp³-hybridized carbons (Fsp3) is 0.800. The fourth-order valence-electron chi connectivity index (χ4n) is 1.02. The van der Waals surface area contributed by atoms with Gasteiger partial charge < -0.3 is 10.4 Å². The summed E-state index contributed by atoms with van der Waals surface area (Å²) in [7, 11) is 0. The Morgan fingerprint density at radius 2 is 2.50 bits per heavy atom. The highest BCUT2D eigenvalue weighted by atomic mass is 16.3. The van der Waals surface area contributed by atoms with Crippen LogP contribution in [-0.2, 0) is 4.79 Å². The van der Waals surface area contributed by atoms with E-state index in [4.69, 9.17) is 10.9 Å². The topological polar surface area (TPSA) is 87.4 Å². The van der Waals surface area contributed by atoms with Gasteiger partial charge in [-0.3, -0.25) is 10.2 Å². The molecular formula is C5H11N3O2. The summed E-state index contributed by atoms with van der Waals surface area (Å²) in [6, 6.07) is -0.319. The second-order valence-electron chi connectivity index (χ2n) is 2.36. The third-order valence-corrected chi connectivity index (χ3v) is 1.57. The minimum Gasteiger partial charge on any atom is -0.392 e. The Hall–Kier alpha value is -0.650. The molecule has 1 aliphatic rings. The Morgan fingerprint density at radius 1 is 1.80 bits per heavy atom. The summed E-state index contributed by atoms with van der Waals surface area (Å²) in [4.78, 5) is 10.7. The van der Waals surface area contributed by atoms with Crippen molar-refractivity contribution in [1.82, 2.24) is 10.7 Å². The number of nitrogens with two attached hydrogens (primary N) is 1. The average Bonchev–Trinajstić information content (AvgIpc) is 2.34. The number of nitrogens with one attached hydrogen (secondary N) is 2. The zero-order chi connectivity index (χ0) is 7.56. The first-order valence-electron chi connectivity index (χ1n) is 3.16. The lowest BCUT2D eigenvalue weighted by atomic mass is 10.2. The van der Waals surface area contributed by atoms with Crippen LogP contribution in [0.4, 0.5) is 0 Å². The number of β-amino-alcohol motifs (C(OH)–C–C–N with tert-alkyl or cyclic N) is 1. The van der Waals surface area contributed by atoms with Gasteiger partial charge in [-0.25, -0.2) is 5.84 Å². The van der Waals surface area contributed by atoms with Crippen molar-refractivity contribution < 1.29 is 9.90 Å². The van der Waals surface area contributed by atoms with Gasteiger partial charge in [-0.2, -0.15) is 0 Å². The van der Waals surface area contributed by atoms with Gasteiger partial charge in [0.2, 0.25) is 0 Å². The number of carbonyl (C=O) groups is 1. The number of hydrogen-bond acceptors (Lipinski definition) is 4. The normalized spacial score (nSPS) is 32.2. The number of hydrogen-bond donors (Lipinski definition) is 4. The zero-order valence-electron chi connectivity index (χ0n) is 5.50. The molecule has 5 heteroatoms. The molecule has 0 unspecified atom stereocenters. The molecule has 58 valence electrons. The molecule has 1 amide bonds. The van der Waals surface area contributed by atoms with Gasteiger partial charge >= 0.3 is 0 Å². The molecule has 1 aliphatic heterocycles. The number of amides is 1. The van der Waals surface area contributed by atoms with Gasteiger partial charge in [0.05, 0.1) is 12.1 Å². The van der Waals surface area contributed by atoms with Gasteiger partial charge in [0, 0.05) is 6.54 Å². The van der Waals surface area contributed by atoms with Crippen molar-refractivity contribution in [3.05, 3.63) is 0 Å². The van der Waals surface area contributed by atoms with Gasteiger partial charge in [-0.15, -0.1) is 0 Å². The highest BCUT2D eigenvalue weighted by molar-refractivity contribution is 5.81. The van der Waals surface area contributed by atoms with Crippen LogP contribution in [0.25, 0.3) is 0 Å². The van der Waals surface area contributed by atoms with Crippen LogP contribution >= 0.6 is 0 Å². The first-order chi connectivity index (χ1) is 4.74. The Morgan fingerprint density at radius 3 is 2.90 bits per heavy atom. The summed E-state index contributed by atoms with van der Waals surface area (Å²) in [6.07, 6.45) is 0.0329. The fourth-order valence-corrected chi connectivity index (χ4v) is 1.02. The van der Waals surface area contributed by atoms with E-state index in [1.807, 2.05) is 5.43 Å². The minimum atomic E-state index is -0.415. The molecule has 1 fully saturated rings. The number of aliphatic hydroxyl groups is 1. The summed E-state index contributed by atoms with van der Waals surface area (Å²) < 4.78 is 0. The Balaban J connectivity index is 2.37. The quantitative estimate of drug-likeness (QED) is 0.190. The van der Waals surface area contributed by atoms with Crippen molar-refractivity contribution in [3.63, 3.8) is 0 Å². The number of rotatable bonds is 1. The second-order valence-corrected chi connectivity index (χ2v) is 2.36. The van der Waals surface area contributed by atoms with Gasteiger partial charge in [0.25, 0.3) is 5.91 Å². The van der Waals surface area contributed by atoms with Crippen molar-refractivity contribution in [2.24, 2.45) is 5.84 Å². The molecule has 1 heterocycles. The van der Waals surface area contributed by atoms with E-state index in [0.29, 0.717) is 13.0 Å². The monoisotopic (exact) mass is 145 g/mol. The van der Waals surface area contributed by atoms with Crippen LogP contribution in [-0.4, -0.2) is 29.7 Å². The van der Waals surface area contributed by atoms with Gasteiger partial charge in [0.1, 0.15) is 0 Å².